The molecule has 3 heterocycles. The summed E-state index contributed by atoms with van der Waals surface area (Å²) in [6.07, 6.45) is 5.06. The van der Waals surface area contributed by atoms with Gasteiger partial charge in [-0.2, -0.15) is 0 Å². The van der Waals surface area contributed by atoms with Crippen LogP contribution in [0.2, 0.25) is 0 Å². The quantitative estimate of drug-likeness (QED) is 0.324. The maximum atomic E-state index is 14.2. The summed E-state index contributed by atoms with van der Waals surface area (Å²) in [5.41, 5.74) is 2.28. The van der Waals surface area contributed by atoms with E-state index < -0.39 is 5.82 Å². The molecule has 1 aromatic carbocycles. The van der Waals surface area contributed by atoms with Gasteiger partial charge < -0.3 is 14.8 Å². The molecule has 0 spiro atoms. The SMILES string of the molecule is CCCN(Cc1cccn1Cc1nc(C(=O)NCCc2ccccn2)cs1)C(=O)c1ccccc1F. The fraction of sp³-hybridized carbons (Fsp3) is 0.259. The first-order valence-corrected chi connectivity index (χ1v) is 12.7. The molecule has 0 fully saturated rings. The molecule has 1 N–H and O–H groups in total. The van der Waals surface area contributed by atoms with Crippen molar-refractivity contribution in [3.8, 4) is 0 Å². The van der Waals surface area contributed by atoms with Gasteiger partial charge in [-0.25, -0.2) is 9.37 Å². The monoisotopic (exact) mass is 505 g/mol. The minimum Gasteiger partial charge on any atom is -0.350 e. The Bertz CT molecular complexity index is 1300. The van der Waals surface area contributed by atoms with E-state index in [1.807, 2.05) is 48.0 Å². The highest BCUT2D eigenvalue weighted by atomic mass is 32.1. The average molecular weight is 506 g/mol. The van der Waals surface area contributed by atoms with Crippen LogP contribution in [-0.4, -0.2) is 44.3 Å². The minimum absolute atomic E-state index is 0.0719. The van der Waals surface area contributed by atoms with Crippen molar-refractivity contribution in [1.29, 1.82) is 0 Å². The van der Waals surface area contributed by atoms with Crippen LogP contribution in [0.5, 0.6) is 0 Å². The first-order valence-electron chi connectivity index (χ1n) is 11.9. The topological polar surface area (TPSA) is 80.1 Å². The lowest BCUT2D eigenvalue weighted by Gasteiger charge is -2.23. The van der Waals surface area contributed by atoms with Crippen LogP contribution in [-0.2, 0) is 19.5 Å². The van der Waals surface area contributed by atoms with Gasteiger partial charge in [0.2, 0.25) is 0 Å². The van der Waals surface area contributed by atoms with Crippen LogP contribution in [0, 0.1) is 5.82 Å². The molecule has 36 heavy (non-hydrogen) atoms. The first-order chi connectivity index (χ1) is 17.5. The number of hydrogen-bond acceptors (Lipinski definition) is 5. The lowest BCUT2D eigenvalue weighted by molar-refractivity contribution is 0.0734. The molecule has 0 aliphatic heterocycles. The zero-order valence-electron chi connectivity index (χ0n) is 20.1. The minimum atomic E-state index is -0.521. The second kappa shape index (κ2) is 12.2. The zero-order chi connectivity index (χ0) is 25.3. The van der Waals surface area contributed by atoms with Gasteiger partial charge in [0.15, 0.2) is 0 Å². The average Bonchev–Trinajstić information content (AvgIpc) is 3.54. The summed E-state index contributed by atoms with van der Waals surface area (Å²) in [6.45, 7) is 3.80. The number of halogens is 1. The Balaban J connectivity index is 1.38. The number of nitrogens with zero attached hydrogens (tertiary/aromatic N) is 4. The van der Waals surface area contributed by atoms with E-state index >= 15 is 0 Å². The molecule has 0 radical (unpaired) electrons. The van der Waals surface area contributed by atoms with E-state index in [-0.39, 0.29) is 17.4 Å². The molecule has 0 saturated carbocycles. The maximum Gasteiger partial charge on any atom is 0.270 e. The van der Waals surface area contributed by atoms with Gasteiger partial charge in [-0.1, -0.05) is 25.1 Å². The molecule has 0 bridgehead atoms. The van der Waals surface area contributed by atoms with Crippen LogP contribution in [0.1, 0.15) is 50.6 Å². The van der Waals surface area contributed by atoms with E-state index in [2.05, 4.69) is 15.3 Å². The van der Waals surface area contributed by atoms with E-state index in [0.29, 0.717) is 38.3 Å². The molecular formula is C27H28FN5O2S. The number of thiazole rings is 1. The van der Waals surface area contributed by atoms with Gasteiger partial charge in [0.05, 0.1) is 18.7 Å². The molecule has 0 aliphatic rings. The third kappa shape index (κ3) is 6.42. The van der Waals surface area contributed by atoms with Gasteiger partial charge >= 0.3 is 0 Å². The molecule has 0 saturated heterocycles. The van der Waals surface area contributed by atoms with Crippen LogP contribution >= 0.6 is 11.3 Å². The summed E-state index contributed by atoms with van der Waals surface area (Å²) in [4.78, 5) is 35.9. The van der Waals surface area contributed by atoms with Crippen molar-refractivity contribution in [3.63, 3.8) is 0 Å². The Hall–Kier alpha value is -3.85. The molecule has 0 atom stereocenters. The van der Waals surface area contributed by atoms with Gasteiger partial charge in [0, 0.05) is 48.7 Å². The third-order valence-corrected chi connectivity index (χ3v) is 6.48. The van der Waals surface area contributed by atoms with Crippen LogP contribution in [0.4, 0.5) is 4.39 Å². The van der Waals surface area contributed by atoms with Gasteiger partial charge in [-0.3, -0.25) is 14.6 Å². The lowest BCUT2D eigenvalue weighted by Crippen LogP contribution is -2.32. The Morgan fingerprint density at radius 1 is 1.11 bits per heavy atom. The van der Waals surface area contributed by atoms with Gasteiger partial charge in [0.25, 0.3) is 11.8 Å². The molecule has 2 amide bonds. The number of benzene rings is 1. The van der Waals surface area contributed by atoms with E-state index in [1.54, 1.807) is 28.6 Å². The summed E-state index contributed by atoms with van der Waals surface area (Å²) in [5, 5.41) is 5.42. The predicted molar refractivity (Wildman–Crippen MR) is 137 cm³/mol. The zero-order valence-corrected chi connectivity index (χ0v) is 20.9. The highest BCUT2D eigenvalue weighted by molar-refractivity contribution is 7.09. The van der Waals surface area contributed by atoms with Crippen LogP contribution < -0.4 is 5.32 Å². The Morgan fingerprint density at radius 2 is 1.94 bits per heavy atom. The summed E-state index contributed by atoms with van der Waals surface area (Å²) in [6, 6.07) is 15.6. The standard InChI is InChI=1S/C27H28FN5O2S/c1-2-15-33(27(35)22-10-3-4-11-23(22)28)17-21-9-7-16-32(21)18-25-31-24(19-36-25)26(34)30-14-12-20-8-5-6-13-29-20/h3-11,13,16,19H,2,12,14-15,17-18H2,1H3,(H,30,34). The number of amides is 2. The number of carbonyl (C=O) groups is 2. The van der Waals surface area contributed by atoms with Gasteiger partial charge in [-0.15, -0.1) is 11.3 Å². The molecule has 3 aromatic heterocycles. The number of hydrogen-bond donors (Lipinski definition) is 1. The molecule has 7 nitrogen and oxygen atoms in total. The number of rotatable bonds is 11. The Labute approximate surface area is 213 Å². The van der Waals surface area contributed by atoms with Crippen molar-refractivity contribution in [1.82, 2.24) is 24.8 Å². The Morgan fingerprint density at radius 3 is 2.72 bits per heavy atom. The van der Waals surface area contributed by atoms with Crippen molar-refractivity contribution in [3.05, 3.63) is 106 Å². The smallest absolute Gasteiger partial charge is 0.270 e. The predicted octanol–water partition coefficient (Wildman–Crippen LogP) is 4.55. The van der Waals surface area contributed by atoms with Crippen molar-refractivity contribution in [2.45, 2.75) is 32.9 Å². The summed E-state index contributed by atoms with van der Waals surface area (Å²) < 4.78 is 16.2. The van der Waals surface area contributed by atoms with Crippen molar-refractivity contribution in [2.75, 3.05) is 13.1 Å². The second-order valence-corrected chi connectivity index (χ2v) is 9.23. The molecule has 0 unspecified atom stereocenters. The maximum absolute atomic E-state index is 14.2. The largest absolute Gasteiger partial charge is 0.350 e. The second-order valence-electron chi connectivity index (χ2n) is 8.29. The van der Waals surface area contributed by atoms with Gasteiger partial charge in [0.1, 0.15) is 16.5 Å². The first kappa shape index (κ1) is 25.2. The van der Waals surface area contributed by atoms with Crippen molar-refractivity contribution < 1.29 is 14.0 Å². The molecular weight excluding hydrogens is 477 g/mol. The van der Waals surface area contributed by atoms with Crippen molar-refractivity contribution in [2.24, 2.45) is 0 Å². The van der Waals surface area contributed by atoms with Crippen LogP contribution in [0.15, 0.2) is 72.4 Å². The lowest BCUT2D eigenvalue weighted by atomic mass is 10.1. The van der Waals surface area contributed by atoms with Crippen LogP contribution in [0.3, 0.4) is 0 Å². The number of carbonyl (C=O) groups excluding carboxylic acids is 2. The summed E-state index contributed by atoms with van der Waals surface area (Å²) >= 11 is 1.41. The molecule has 4 rings (SSSR count). The highest BCUT2D eigenvalue weighted by Gasteiger charge is 2.20. The van der Waals surface area contributed by atoms with E-state index in [0.717, 1.165) is 22.8 Å². The number of pyridine rings is 1. The van der Waals surface area contributed by atoms with E-state index in [1.165, 1.54) is 23.5 Å². The normalized spacial score (nSPS) is 10.8. The third-order valence-electron chi connectivity index (χ3n) is 5.64. The van der Waals surface area contributed by atoms with E-state index in [4.69, 9.17) is 0 Å². The molecule has 9 heteroatoms. The summed E-state index contributed by atoms with van der Waals surface area (Å²) in [7, 11) is 0. The Kier molecular flexibility index (Phi) is 8.57. The number of aromatic nitrogens is 3. The summed E-state index contributed by atoms with van der Waals surface area (Å²) in [5.74, 6) is -1.07. The fourth-order valence-corrected chi connectivity index (χ4v) is 4.62. The van der Waals surface area contributed by atoms with Crippen molar-refractivity contribution >= 4 is 23.2 Å². The fourth-order valence-electron chi connectivity index (χ4n) is 3.84. The molecule has 186 valence electrons. The van der Waals surface area contributed by atoms with Gasteiger partial charge in [-0.05, 0) is 42.8 Å². The van der Waals surface area contributed by atoms with Crippen LogP contribution in [0.25, 0.3) is 0 Å². The highest BCUT2D eigenvalue weighted by Crippen LogP contribution is 2.17. The van der Waals surface area contributed by atoms with E-state index in [9.17, 15) is 14.0 Å². The molecule has 4 aromatic rings. The number of nitrogens with one attached hydrogen (secondary N) is 1. The molecule has 0 aliphatic carbocycles.